The summed E-state index contributed by atoms with van der Waals surface area (Å²) in [7, 11) is 0. The van der Waals surface area contributed by atoms with E-state index in [1.807, 2.05) is 0 Å². The lowest BCUT2D eigenvalue weighted by molar-refractivity contribution is -0.300. The summed E-state index contributed by atoms with van der Waals surface area (Å²) in [5.74, 6) is 0. The molecular weight excluding hydrogens is 160 g/mol. The molecule has 0 aromatic heterocycles. The first kappa shape index (κ1) is 11.2. The van der Waals surface area contributed by atoms with Gasteiger partial charge in [-0.2, -0.15) is 4.89 Å². The average molecular weight is 176 g/mol. The number of hydrogen-bond donors (Lipinski definition) is 2. The molecule has 0 saturated heterocycles. The molecule has 12 heavy (non-hydrogen) atoms. The van der Waals surface area contributed by atoms with Gasteiger partial charge in [-0.1, -0.05) is 0 Å². The van der Waals surface area contributed by atoms with Crippen molar-refractivity contribution in [1.82, 2.24) is 5.32 Å². The van der Waals surface area contributed by atoms with Crippen molar-refractivity contribution in [1.29, 1.82) is 0 Å². The van der Waals surface area contributed by atoms with Gasteiger partial charge >= 0.3 is 6.09 Å². The maximum atomic E-state index is 10.7. The third-order valence-electron chi connectivity index (χ3n) is 0.781. The summed E-state index contributed by atoms with van der Waals surface area (Å²) in [5.41, 5.74) is 4.66. The first-order valence-electron chi connectivity index (χ1n) is 3.79. The van der Waals surface area contributed by atoms with Crippen LogP contribution >= 0.6 is 0 Å². The summed E-state index contributed by atoms with van der Waals surface area (Å²) in [5, 5.41) is 2.39. The van der Waals surface area contributed by atoms with Crippen LogP contribution in [-0.2, 0) is 9.78 Å². The molecule has 1 amide bonds. The Kier molecular flexibility index (Phi) is 4.61. The number of amides is 1. The zero-order valence-electron chi connectivity index (χ0n) is 7.72. The van der Waals surface area contributed by atoms with Crippen LogP contribution in [0.1, 0.15) is 20.8 Å². The molecule has 0 rings (SSSR count). The standard InChI is InChI=1S/C7H16N2O3/c1-7(2,3)12-11-6(10)9-5-4-8/h4-5,8H2,1-3H3,(H,9,10). The normalized spacial score (nSPS) is 11.0. The van der Waals surface area contributed by atoms with E-state index in [-0.39, 0.29) is 0 Å². The minimum absolute atomic E-state index is 0.380. The molecular formula is C7H16N2O3. The van der Waals surface area contributed by atoms with Crippen LogP contribution in [0.5, 0.6) is 0 Å². The number of carbonyl (C=O) groups excluding carboxylic acids is 1. The number of hydrogen-bond acceptors (Lipinski definition) is 4. The van der Waals surface area contributed by atoms with Gasteiger partial charge in [0.25, 0.3) is 0 Å². The van der Waals surface area contributed by atoms with E-state index in [4.69, 9.17) is 10.6 Å². The fourth-order valence-corrected chi connectivity index (χ4v) is 0.367. The Morgan fingerprint density at radius 2 is 2.08 bits per heavy atom. The van der Waals surface area contributed by atoms with Gasteiger partial charge < -0.3 is 11.1 Å². The van der Waals surface area contributed by atoms with E-state index in [2.05, 4.69) is 10.2 Å². The summed E-state index contributed by atoms with van der Waals surface area (Å²) in [6, 6.07) is 0. The zero-order valence-corrected chi connectivity index (χ0v) is 7.72. The van der Waals surface area contributed by atoms with Gasteiger partial charge in [0.2, 0.25) is 0 Å². The predicted molar refractivity (Wildman–Crippen MR) is 44.4 cm³/mol. The molecule has 3 N–H and O–H groups in total. The molecule has 72 valence electrons. The van der Waals surface area contributed by atoms with Crippen LogP contribution in [0, 0.1) is 0 Å². The van der Waals surface area contributed by atoms with Crippen LogP contribution in [-0.4, -0.2) is 24.8 Å². The molecule has 0 atom stereocenters. The Labute approximate surface area is 72.1 Å². The fourth-order valence-electron chi connectivity index (χ4n) is 0.367. The number of nitrogens with two attached hydrogens (primary N) is 1. The van der Waals surface area contributed by atoms with E-state index < -0.39 is 11.7 Å². The zero-order chi connectivity index (χ0) is 9.61. The van der Waals surface area contributed by atoms with Crippen molar-refractivity contribution >= 4 is 6.09 Å². The molecule has 0 fully saturated rings. The van der Waals surface area contributed by atoms with Gasteiger partial charge in [0.05, 0.1) is 0 Å². The van der Waals surface area contributed by atoms with Crippen LogP contribution in [0.15, 0.2) is 0 Å². The van der Waals surface area contributed by atoms with Gasteiger partial charge in [-0.15, -0.1) is 0 Å². The van der Waals surface area contributed by atoms with E-state index in [0.29, 0.717) is 13.1 Å². The molecule has 0 aliphatic heterocycles. The number of carbonyl (C=O) groups is 1. The van der Waals surface area contributed by atoms with Crippen molar-refractivity contribution in [3.63, 3.8) is 0 Å². The molecule has 5 heteroatoms. The molecule has 0 bridgehead atoms. The van der Waals surface area contributed by atoms with E-state index in [1.165, 1.54) is 0 Å². The van der Waals surface area contributed by atoms with E-state index in [1.54, 1.807) is 20.8 Å². The molecule has 0 radical (unpaired) electrons. The Morgan fingerprint density at radius 1 is 1.50 bits per heavy atom. The SMILES string of the molecule is CC(C)(C)OOC(=O)NCCN. The van der Waals surface area contributed by atoms with E-state index >= 15 is 0 Å². The van der Waals surface area contributed by atoms with Crippen molar-refractivity contribution in [3.8, 4) is 0 Å². The smallest absolute Gasteiger partial charge is 0.329 e. The highest BCUT2D eigenvalue weighted by molar-refractivity contribution is 5.66. The molecule has 0 aliphatic carbocycles. The van der Waals surface area contributed by atoms with Crippen molar-refractivity contribution in [2.45, 2.75) is 26.4 Å². The molecule has 0 aliphatic rings. The van der Waals surface area contributed by atoms with E-state index in [0.717, 1.165) is 0 Å². The van der Waals surface area contributed by atoms with E-state index in [9.17, 15) is 4.79 Å². The van der Waals surface area contributed by atoms with Crippen molar-refractivity contribution in [3.05, 3.63) is 0 Å². The van der Waals surface area contributed by atoms with Crippen LogP contribution < -0.4 is 11.1 Å². The highest BCUT2D eigenvalue weighted by Gasteiger charge is 2.14. The molecule has 0 aromatic carbocycles. The lowest BCUT2D eigenvalue weighted by atomic mass is 10.2. The number of rotatable bonds is 3. The van der Waals surface area contributed by atoms with Gasteiger partial charge in [-0.05, 0) is 20.8 Å². The van der Waals surface area contributed by atoms with Gasteiger partial charge in [0, 0.05) is 13.1 Å². The topological polar surface area (TPSA) is 73.6 Å². The molecule has 0 spiro atoms. The van der Waals surface area contributed by atoms with Gasteiger partial charge in [-0.25, -0.2) is 4.79 Å². The first-order valence-corrected chi connectivity index (χ1v) is 3.79. The van der Waals surface area contributed by atoms with Crippen molar-refractivity contribution in [2.75, 3.05) is 13.1 Å². The van der Waals surface area contributed by atoms with Gasteiger partial charge in [0.1, 0.15) is 5.60 Å². The van der Waals surface area contributed by atoms with Gasteiger partial charge in [-0.3, -0.25) is 4.89 Å². The largest absolute Gasteiger partial charge is 0.438 e. The Morgan fingerprint density at radius 3 is 2.50 bits per heavy atom. The van der Waals surface area contributed by atoms with Crippen molar-refractivity contribution < 1.29 is 14.6 Å². The Hall–Kier alpha value is -0.810. The van der Waals surface area contributed by atoms with Crippen LogP contribution in [0.2, 0.25) is 0 Å². The highest BCUT2D eigenvalue weighted by atomic mass is 17.2. The summed E-state index contributed by atoms with van der Waals surface area (Å²) in [6.45, 7) is 6.10. The summed E-state index contributed by atoms with van der Waals surface area (Å²) < 4.78 is 0. The minimum atomic E-state index is -0.615. The lowest BCUT2D eigenvalue weighted by Gasteiger charge is -2.16. The minimum Gasteiger partial charge on any atom is -0.329 e. The second-order valence-corrected chi connectivity index (χ2v) is 3.28. The molecule has 0 heterocycles. The van der Waals surface area contributed by atoms with Gasteiger partial charge in [0.15, 0.2) is 0 Å². The average Bonchev–Trinajstić information content (AvgIpc) is 1.95. The van der Waals surface area contributed by atoms with Crippen molar-refractivity contribution in [2.24, 2.45) is 5.73 Å². The second-order valence-electron chi connectivity index (χ2n) is 3.28. The first-order chi connectivity index (χ1) is 5.45. The molecule has 0 aromatic rings. The molecule has 0 unspecified atom stereocenters. The summed E-state index contributed by atoms with van der Waals surface area (Å²) in [4.78, 5) is 19.9. The number of nitrogens with one attached hydrogen (secondary N) is 1. The lowest BCUT2D eigenvalue weighted by Crippen LogP contribution is -2.32. The molecule has 0 saturated carbocycles. The third kappa shape index (κ3) is 7.30. The summed E-state index contributed by atoms with van der Waals surface area (Å²) in [6.07, 6.45) is -0.615. The Bertz CT molecular complexity index is 142. The quantitative estimate of drug-likeness (QED) is 0.482. The predicted octanol–water partition coefficient (Wildman–Crippen LogP) is 0.401. The maximum Gasteiger partial charge on any atom is 0.438 e. The maximum absolute atomic E-state index is 10.7. The van der Waals surface area contributed by atoms with Crippen LogP contribution in [0.3, 0.4) is 0 Å². The molecule has 5 nitrogen and oxygen atoms in total. The second kappa shape index (κ2) is 4.95. The highest BCUT2D eigenvalue weighted by Crippen LogP contribution is 2.06. The monoisotopic (exact) mass is 176 g/mol. The third-order valence-corrected chi connectivity index (χ3v) is 0.781. The summed E-state index contributed by atoms with van der Waals surface area (Å²) >= 11 is 0. The van der Waals surface area contributed by atoms with Crippen LogP contribution in [0.4, 0.5) is 4.79 Å². The fraction of sp³-hybridized carbons (Fsp3) is 0.857. The Balaban J connectivity index is 3.44. The van der Waals surface area contributed by atoms with Crippen LogP contribution in [0.25, 0.3) is 0 Å².